The summed E-state index contributed by atoms with van der Waals surface area (Å²) in [5.74, 6) is 1.08. The minimum Gasteiger partial charge on any atom is -0.497 e. The molecule has 0 heterocycles. The van der Waals surface area contributed by atoms with Crippen LogP contribution in [0.25, 0.3) is 0 Å². The number of hydrogen-bond acceptors (Lipinski definition) is 4. The molecule has 0 saturated heterocycles. The van der Waals surface area contributed by atoms with Crippen LogP contribution in [0.2, 0.25) is 0 Å². The molecule has 0 aliphatic rings. The number of nitrogen functional groups attached to an aromatic ring is 1. The standard InChI is InChI=1S/C18H22N2O3/c1-18(2,12-5-7-13(19)8-6-12)17(21)20-15-10-9-14(22-3)11-16(15)23-4/h5-11H,19H2,1-4H3,(H,20,21). The molecule has 5 heteroatoms. The maximum absolute atomic E-state index is 12.7. The summed E-state index contributed by atoms with van der Waals surface area (Å²) in [5.41, 5.74) is 7.15. The largest absolute Gasteiger partial charge is 0.497 e. The zero-order chi connectivity index (χ0) is 17.0. The fourth-order valence-electron chi connectivity index (χ4n) is 2.21. The van der Waals surface area contributed by atoms with Crippen molar-refractivity contribution in [2.24, 2.45) is 0 Å². The minimum absolute atomic E-state index is 0.134. The summed E-state index contributed by atoms with van der Waals surface area (Å²) in [6.45, 7) is 3.73. The van der Waals surface area contributed by atoms with Crippen molar-refractivity contribution in [2.45, 2.75) is 19.3 Å². The average molecular weight is 314 g/mol. The van der Waals surface area contributed by atoms with E-state index in [9.17, 15) is 4.79 Å². The number of rotatable bonds is 5. The van der Waals surface area contributed by atoms with Gasteiger partial charge < -0.3 is 20.5 Å². The molecule has 0 aromatic heterocycles. The second-order valence-corrected chi connectivity index (χ2v) is 5.77. The number of nitrogens with one attached hydrogen (secondary N) is 1. The van der Waals surface area contributed by atoms with Crippen LogP contribution in [0.4, 0.5) is 11.4 Å². The molecule has 0 aliphatic heterocycles. The number of ether oxygens (including phenoxy) is 2. The van der Waals surface area contributed by atoms with Crippen LogP contribution in [0.3, 0.4) is 0 Å². The number of carbonyl (C=O) groups is 1. The van der Waals surface area contributed by atoms with Gasteiger partial charge in [-0.3, -0.25) is 4.79 Å². The SMILES string of the molecule is COc1ccc(NC(=O)C(C)(C)c2ccc(N)cc2)c(OC)c1. The quantitative estimate of drug-likeness (QED) is 0.831. The highest BCUT2D eigenvalue weighted by Crippen LogP contribution is 2.32. The number of anilines is 2. The summed E-state index contributed by atoms with van der Waals surface area (Å²) in [7, 11) is 3.13. The third-order valence-electron chi connectivity index (χ3n) is 3.86. The van der Waals surface area contributed by atoms with Gasteiger partial charge in [-0.25, -0.2) is 0 Å². The Kier molecular flexibility index (Phi) is 4.79. The van der Waals surface area contributed by atoms with E-state index in [0.29, 0.717) is 22.9 Å². The van der Waals surface area contributed by atoms with Crippen molar-refractivity contribution in [3.05, 3.63) is 48.0 Å². The molecule has 1 amide bonds. The summed E-state index contributed by atoms with van der Waals surface area (Å²) < 4.78 is 10.5. The maximum Gasteiger partial charge on any atom is 0.234 e. The monoisotopic (exact) mass is 314 g/mol. The number of benzene rings is 2. The summed E-state index contributed by atoms with van der Waals surface area (Å²) in [4.78, 5) is 12.7. The van der Waals surface area contributed by atoms with Crippen LogP contribution in [0.5, 0.6) is 11.5 Å². The Morgan fingerprint density at radius 2 is 1.70 bits per heavy atom. The second kappa shape index (κ2) is 6.60. The van der Waals surface area contributed by atoms with Crippen LogP contribution in [0.1, 0.15) is 19.4 Å². The van der Waals surface area contributed by atoms with Gasteiger partial charge in [0, 0.05) is 11.8 Å². The van der Waals surface area contributed by atoms with Crippen molar-refractivity contribution in [3.63, 3.8) is 0 Å². The summed E-state index contributed by atoms with van der Waals surface area (Å²) in [5, 5.41) is 2.92. The Hall–Kier alpha value is -2.69. The lowest BCUT2D eigenvalue weighted by Gasteiger charge is -2.25. The molecule has 3 N–H and O–H groups in total. The maximum atomic E-state index is 12.7. The molecule has 23 heavy (non-hydrogen) atoms. The van der Waals surface area contributed by atoms with Crippen molar-refractivity contribution in [1.82, 2.24) is 0 Å². The molecule has 5 nitrogen and oxygen atoms in total. The Labute approximate surface area is 136 Å². The van der Waals surface area contributed by atoms with E-state index in [1.807, 2.05) is 26.0 Å². The average Bonchev–Trinajstić information content (AvgIpc) is 2.55. The van der Waals surface area contributed by atoms with E-state index in [4.69, 9.17) is 15.2 Å². The number of nitrogens with two attached hydrogens (primary N) is 1. The van der Waals surface area contributed by atoms with E-state index in [1.54, 1.807) is 44.6 Å². The van der Waals surface area contributed by atoms with Gasteiger partial charge in [-0.05, 0) is 43.7 Å². The predicted molar refractivity (Wildman–Crippen MR) is 92.1 cm³/mol. The first-order chi connectivity index (χ1) is 10.9. The molecule has 2 rings (SSSR count). The summed E-state index contributed by atoms with van der Waals surface area (Å²) >= 11 is 0. The normalized spacial score (nSPS) is 11.0. The molecule has 2 aromatic rings. The fourth-order valence-corrected chi connectivity index (χ4v) is 2.21. The van der Waals surface area contributed by atoms with E-state index < -0.39 is 5.41 Å². The molecule has 0 fully saturated rings. The van der Waals surface area contributed by atoms with Crippen molar-refractivity contribution < 1.29 is 14.3 Å². The molecular weight excluding hydrogens is 292 g/mol. The van der Waals surface area contributed by atoms with Crippen molar-refractivity contribution in [1.29, 1.82) is 0 Å². The summed E-state index contributed by atoms with van der Waals surface area (Å²) in [6.07, 6.45) is 0. The van der Waals surface area contributed by atoms with Gasteiger partial charge in [-0.15, -0.1) is 0 Å². The Balaban J connectivity index is 2.25. The number of amides is 1. The van der Waals surface area contributed by atoms with Crippen molar-refractivity contribution in [2.75, 3.05) is 25.3 Å². The molecule has 0 unspecified atom stereocenters. The Bertz CT molecular complexity index is 694. The van der Waals surface area contributed by atoms with Gasteiger partial charge in [0.1, 0.15) is 11.5 Å². The molecule has 2 aromatic carbocycles. The van der Waals surface area contributed by atoms with Crippen molar-refractivity contribution in [3.8, 4) is 11.5 Å². The van der Waals surface area contributed by atoms with E-state index >= 15 is 0 Å². The highest BCUT2D eigenvalue weighted by molar-refractivity contribution is 5.99. The molecular formula is C18H22N2O3. The van der Waals surface area contributed by atoms with Crippen LogP contribution in [0.15, 0.2) is 42.5 Å². The number of carbonyl (C=O) groups excluding carboxylic acids is 1. The van der Waals surface area contributed by atoms with Crippen LogP contribution in [-0.2, 0) is 10.2 Å². The lowest BCUT2D eigenvalue weighted by atomic mass is 9.83. The van der Waals surface area contributed by atoms with Gasteiger partial charge >= 0.3 is 0 Å². The van der Waals surface area contributed by atoms with Gasteiger partial charge in [0.25, 0.3) is 0 Å². The minimum atomic E-state index is -0.710. The topological polar surface area (TPSA) is 73.6 Å². The molecule has 0 spiro atoms. The van der Waals surface area contributed by atoms with Crippen LogP contribution >= 0.6 is 0 Å². The number of methoxy groups -OCH3 is 2. The zero-order valence-electron chi connectivity index (χ0n) is 13.8. The number of hydrogen-bond donors (Lipinski definition) is 2. The molecule has 0 saturated carbocycles. The fraction of sp³-hybridized carbons (Fsp3) is 0.278. The van der Waals surface area contributed by atoms with Gasteiger partial charge in [0.15, 0.2) is 0 Å². The van der Waals surface area contributed by atoms with E-state index in [0.717, 1.165) is 5.56 Å². The lowest BCUT2D eigenvalue weighted by Crippen LogP contribution is -2.34. The van der Waals surface area contributed by atoms with Gasteiger partial charge in [0.05, 0.1) is 25.3 Å². The van der Waals surface area contributed by atoms with E-state index in [1.165, 1.54) is 0 Å². The third-order valence-corrected chi connectivity index (χ3v) is 3.86. The lowest BCUT2D eigenvalue weighted by molar-refractivity contribution is -0.120. The summed E-state index contributed by atoms with van der Waals surface area (Å²) in [6, 6.07) is 12.6. The molecule has 122 valence electrons. The second-order valence-electron chi connectivity index (χ2n) is 5.77. The first kappa shape index (κ1) is 16.7. The molecule has 0 bridgehead atoms. The smallest absolute Gasteiger partial charge is 0.234 e. The highest BCUT2D eigenvalue weighted by Gasteiger charge is 2.30. The first-order valence-electron chi connectivity index (χ1n) is 7.28. The zero-order valence-corrected chi connectivity index (χ0v) is 13.8. The Morgan fingerprint density at radius 1 is 1.04 bits per heavy atom. The van der Waals surface area contributed by atoms with Gasteiger partial charge in [-0.2, -0.15) is 0 Å². The van der Waals surface area contributed by atoms with E-state index in [2.05, 4.69) is 5.32 Å². The van der Waals surface area contributed by atoms with Crippen LogP contribution < -0.4 is 20.5 Å². The van der Waals surface area contributed by atoms with Crippen LogP contribution in [-0.4, -0.2) is 20.1 Å². The van der Waals surface area contributed by atoms with Gasteiger partial charge in [0.2, 0.25) is 5.91 Å². The van der Waals surface area contributed by atoms with Crippen molar-refractivity contribution >= 4 is 17.3 Å². The third kappa shape index (κ3) is 3.56. The Morgan fingerprint density at radius 3 is 2.26 bits per heavy atom. The highest BCUT2D eigenvalue weighted by atomic mass is 16.5. The molecule has 0 aliphatic carbocycles. The van der Waals surface area contributed by atoms with Crippen LogP contribution in [0, 0.1) is 0 Å². The predicted octanol–water partition coefficient (Wildman–Crippen LogP) is 3.20. The molecule has 0 radical (unpaired) electrons. The first-order valence-corrected chi connectivity index (χ1v) is 7.28. The van der Waals surface area contributed by atoms with E-state index in [-0.39, 0.29) is 5.91 Å². The van der Waals surface area contributed by atoms with Gasteiger partial charge in [-0.1, -0.05) is 12.1 Å². The molecule has 0 atom stereocenters.